The van der Waals surface area contributed by atoms with Gasteiger partial charge in [-0.1, -0.05) is 17.7 Å². The van der Waals surface area contributed by atoms with E-state index in [9.17, 15) is 4.79 Å². The fourth-order valence-corrected chi connectivity index (χ4v) is 2.76. The minimum absolute atomic E-state index is 0.0830. The van der Waals surface area contributed by atoms with Crippen molar-refractivity contribution in [2.75, 3.05) is 33.1 Å². The first-order valence-corrected chi connectivity index (χ1v) is 8.26. The van der Waals surface area contributed by atoms with Gasteiger partial charge in [-0.2, -0.15) is 0 Å². The fourth-order valence-electron chi connectivity index (χ4n) is 2.53. The number of likely N-dealkylation sites (N-methyl/N-ethyl adjacent to an activating group) is 1. The van der Waals surface area contributed by atoms with Crippen LogP contribution in [0.3, 0.4) is 0 Å². The van der Waals surface area contributed by atoms with E-state index in [1.807, 2.05) is 49.2 Å². The Balaban J connectivity index is 1.97. The number of benzene rings is 2. The van der Waals surface area contributed by atoms with Crippen molar-refractivity contribution in [1.82, 2.24) is 4.90 Å². The zero-order valence-corrected chi connectivity index (χ0v) is 15.7. The van der Waals surface area contributed by atoms with E-state index < -0.39 is 0 Å². The second-order valence-electron chi connectivity index (χ2n) is 5.86. The number of halogens is 1. The predicted molar refractivity (Wildman–Crippen MR) is 101 cm³/mol. The first kappa shape index (κ1) is 19.1. The third kappa shape index (κ3) is 5.37. The van der Waals surface area contributed by atoms with Crippen LogP contribution in [0.2, 0.25) is 5.02 Å². The summed E-state index contributed by atoms with van der Waals surface area (Å²) in [6.45, 7) is 2.75. The minimum Gasteiger partial charge on any atom is -0.497 e. The Labute approximate surface area is 153 Å². The second kappa shape index (κ2) is 8.74. The van der Waals surface area contributed by atoms with E-state index in [1.54, 1.807) is 20.3 Å². The molecule has 0 radical (unpaired) electrons. The number of carbonyl (C=O) groups is 1. The summed E-state index contributed by atoms with van der Waals surface area (Å²) in [6, 6.07) is 11.0. The molecule has 0 aliphatic heterocycles. The maximum atomic E-state index is 12.3. The number of nitrogens with zero attached hydrogens (tertiary/aromatic N) is 1. The number of aryl methyl sites for hydroxylation is 1. The summed E-state index contributed by atoms with van der Waals surface area (Å²) in [5, 5.41) is 3.56. The molecule has 2 aromatic rings. The highest BCUT2D eigenvalue weighted by atomic mass is 35.5. The van der Waals surface area contributed by atoms with Crippen LogP contribution in [0.1, 0.15) is 11.1 Å². The number of carbonyl (C=O) groups excluding carboxylic acids is 1. The summed E-state index contributed by atoms with van der Waals surface area (Å²) in [7, 11) is 5.12. The van der Waals surface area contributed by atoms with Crippen LogP contribution < -0.4 is 14.8 Å². The van der Waals surface area contributed by atoms with Crippen LogP contribution in [-0.4, -0.2) is 38.6 Å². The molecule has 134 valence electrons. The lowest BCUT2D eigenvalue weighted by molar-refractivity contribution is -0.117. The van der Waals surface area contributed by atoms with E-state index in [0.29, 0.717) is 11.6 Å². The Hall–Kier alpha value is -2.24. The van der Waals surface area contributed by atoms with Crippen LogP contribution in [0.15, 0.2) is 36.4 Å². The van der Waals surface area contributed by atoms with Crippen LogP contribution in [0.25, 0.3) is 0 Å². The number of rotatable bonds is 7. The number of nitrogens with one attached hydrogen (secondary N) is 1. The average Bonchev–Trinajstić information content (AvgIpc) is 2.57. The molecule has 0 spiro atoms. The molecule has 0 fully saturated rings. The summed E-state index contributed by atoms with van der Waals surface area (Å²) in [5.74, 6) is 1.39. The van der Waals surface area contributed by atoms with Crippen molar-refractivity contribution in [3.63, 3.8) is 0 Å². The van der Waals surface area contributed by atoms with Crippen LogP contribution in [0.4, 0.5) is 5.69 Å². The molecule has 2 aromatic carbocycles. The van der Waals surface area contributed by atoms with Gasteiger partial charge in [-0.25, -0.2) is 0 Å². The van der Waals surface area contributed by atoms with Crippen molar-refractivity contribution >= 4 is 23.2 Å². The van der Waals surface area contributed by atoms with Crippen LogP contribution in [-0.2, 0) is 11.3 Å². The lowest BCUT2D eigenvalue weighted by Crippen LogP contribution is -2.30. The molecule has 0 unspecified atom stereocenters. The lowest BCUT2D eigenvalue weighted by Gasteiger charge is -2.19. The highest BCUT2D eigenvalue weighted by molar-refractivity contribution is 6.30. The Morgan fingerprint density at radius 2 is 1.92 bits per heavy atom. The summed E-state index contributed by atoms with van der Waals surface area (Å²) >= 11 is 5.94. The minimum atomic E-state index is -0.0830. The monoisotopic (exact) mass is 362 g/mol. The summed E-state index contributed by atoms with van der Waals surface area (Å²) < 4.78 is 10.6. The molecule has 2 rings (SSSR count). The lowest BCUT2D eigenvalue weighted by atomic mass is 10.1. The van der Waals surface area contributed by atoms with Gasteiger partial charge in [-0.3, -0.25) is 9.69 Å². The van der Waals surface area contributed by atoms with E-state index in [0.717, 1.165) is 28.3 Å². The van der Waals surface area contributed by atoms with Crippen molar-refractivity contribution in [2.45, 2.75) is 13.5 Å². The number of ether oxygens (including phenoxy) is 2. The van der Waals surface area contributed by atoms with Crippen LogP contribution in [0.5, 0.6) is 11.5 Å². The van der Waals surface area contributed by atoms with Crippen molar-refractivity contribution in [2.24, 2.45) is 0 Å². The number of anilines is 1. The number of hydrogen-bond donors (Lipinski definition) is 1. The molecule has 1 amide bonds. The number of hydrogen-bond acceptors (Lipinski definition) is 4. The Morgan fingerprint density at radius 1 is 1.16 bits per heavy atom. The summed E-state index contributed by atoms with van der Waals surface area (Å²) in [4.78, 5) is 14.2. The van der Waals surface area contributed by atoms with Crippen molar-refractivity contribution in [1.29, 1.82) is 0 Å². The third-order valence-electron chi connectivity index (χ3n) is 3.81. The molecule has 0 heterocycles. The molecule has 0 aliphatic carbocycles. The molecule has 0 aromatic heterocycles. The van der Waals surface area contributed by atoms with Gasteiger partial charge in [-0.05, 0) is 43.8 Å². The van der Waals surface area contributed by atoms with Gasteiger partial charge in [0.25, 0.3) is 0 Å². The summed E-state index contributed by atoms with van der Waals surface area (Å²) in [6.07, 6.45) is 0. The molecule has 5 nitrogen and oxygen atoms in total. The molecule has 0 saturated carbocycles. The predicted octanol–water partition coefficient (Wildman–Crippen LogP) is 3.74. The molecular formula is C19H23ClN2O3. The zero-order valence-electron chi connectivity index (χ0n) is 14.9. The topological polar surface area (TPSA) is 50.8 Å². The molecule has 0 bridgehead atoms. The van der Waals surface area contributed by atoms with Gasteiger partial charge < -0.3 is 14.8 Å². The van der Waals surface area contributed by atoms with Gasteiger partial charge in [0.15, 0.2) is 0 Å². The quantitative estimate of drug-likeness (QED) is 0.815. The van der Waals surface area contributed by atoms with Crippen molar-refractivity contribution < 1.29 is 14.3 Å². The maximum absolute atomic E-state index is 12.3. The normalized spacial score (nSPS) is 10.6. The van der Waals surface area contributed by atoms with Gasteiger partial charge in [0.1, 0.15) is 11.5 Å². The van der Waals surface area contributed by atoms with Gasteiger partial charge >= 0.3 is 0 Å². The van der Waals surface area contributed by atoms with E-state index >= 15 is 0 Å². The number of methoxy groups -OCH3 is 2. The van der Waals surface area contributed by atoms with Crippen LogP contribution in [0, 0.1) is 6.92 Å². The van der Waals surface area contributed by atoms with Gasteiger partial charge in [-0.15, -0.1) is 0 Å². The molecule has 25 heavy (non-hydrogen) atoms. The maximum Gasteiger partial charge on any atom is 0.238 e. The molecule has 0 saturated heterocycles. The van der Waals surface area contributed by atoms with E-state index in [2.05, 4.69) is 5.32 Å². The largest absolute Gasteiger partial charge is 0.497 e. The fraction of sp³-hybridized carbons (Fsp3) is 0.316. The average molecular weight is 363 g/mol. The highest BCUT2D eigenvalue weighted by Crippen LogP contribution is 2.25. The smallest absolute Gasteiger partial charge is 0.238 e. The Bertz CT molecular complexity index is 749. The molecule has 6 heteroatoms. The molecular weight excluding hydrogens is 340 g/mol. The van der Waals surface area contributed by atoms with Crippen LogP contribution >= 0.6 is 11.6 Å². The number of amides is 1. The van der Waals surface area contributed by atoms with Gasteiger partial charge in [0.2, 0.25) is 5.91 Å². The first-order valence-electron chi connectivity index (χ1n) is 7.88. The zero-order chi connectivity index (χ0) is 18.4. The molecule has 0 atom stereocenters. The standard InChI is InChI=1S/C19H23ClN2O3/c1-13-9-15(20)6-8-17(13)21-19(23)12-22(2)11-14-5-7-16(24-3)10-18(14)25-4/h5-10H,11-12H2,1-4H3,(H,21,23). The van der Waals surface area contributed by atoms with Gasteiger partial charge in [0, 0.05) is 28.9 Å². The molecule has 0 aliphatic rings. The van der Waals surface area contributed by atoms with E-state index in [4.69, 9.17) is 21.1 Å². The Kier molecular flexibility index (Phi) is 6.67. The third-order valence-corrected chi connectivity index (χ3v) is 4.05. The van der Waals surface area contributed by atoms with E-state index in [-0.39, 0.29) is 12.5 Å². The first-order chi connectivity index (χ1) is 11.9. The van der Waals surface area contributed by atoms with Crippen molar-refractivity contribution in [3.8, 4) is 11.5 Å². The summed E-state index contributed by atoms with van der Waals surface area (Å²) in [5.41, 5.74) is 2.69. The molecule has 1 N–H and O–H groups in total. The Morgan fingerprint density at radius 3 is 2.56 bits per heavy atom. The van der Waals surface area contributed by atoms with Gasteiger partial charge in [0.05, 0.1) is 20.8 Å². The van der Waals surface area contributed by atoms with E-state index in [1.165, 1.54) is 0 Å². The van der Waals surface area contributed by atoms with Crippen molar-refractivity contribution in [3.05, 3.63) is 52.5 Å². The highest BCUT2D eigenvalue weighted by Gasteiger charge is 2.12. The SMILES string of the molecule is COc1ccc(CN(C)CC(=O)Nc2ccc(Cl)cc2C)c(OC)c1. The second-order valence-corrected chi connectivity index (χ2v) is 6.29.